The SMILES string of the molecule is c1cnc2cc(-c3cc(-c4ccc5cccnc5c4)cc(-c4ccc5c(-c6ccc7nc(-c8cc(-c9ccc%10ccccc%10n9)cc(-c9ccc%10ccc%11c(-c%12cnccn%12)ccc%12ccc9c%10c%12%11)c8)ccc7c6)cc6c(-c7cnccn7)ccc7ccc4c5c76)c3)ccc2c1. The summed E-state index contributed by atoms with van der Waals surface area (Å²) < 4.78 is 0. The van der Waals surface area contributed by atoms with E-state index >= 15 is 0 Å². The molecule has 0 unspecified atom stereocenters. The number of aromatic nitrogens is 8. The second kappa shape index (κ2) is 21.3. The van der Waals surface area contributed by atoms with Gasteiger partial charge in [0.05, 0.1) is 57.2 Å². The van der Waals surface area contributed by atoms with Crippen LogP contribution in [-0.4, -0.2) is 39.9 Å². The van der Waals surface area contributed by atoms with Crippen LogP contribution >= 0.6 is 0 Å². The van der Waals surface area contributed by atoms with Gasteiger partial charge >= 0.3 is 0 Å². The Hall–Kier alpha value is -13.0. The minimum atomic E-state index is 0.819. The Bertz CT molecular complexity index is 6490. The van der Waals surface area contributed by atoms with Crippen molar-refractivity contribution >= 4 is 108 Å². The van der Waals surface area contributed by atoms with Gasteiger partial charge in [0.15, 0.2) is 0 Å². The number of benzene rings is 14. The smallest absolute Gasteiger partial charge is 0.0891 e. The molecule has 20 aromatic rings. The highest BCUT2D eigenvalue weighted by molar-refractivity contribution is 6.31. The van der Waals surface area contributed by atoms with E-state index in [1.165, 1.54) is 37.7 Å². The zero-order valence-corrected chi connectivity index (χ0v) is 51.4. The third-order valence-corrected chi connectivity index (χ3v) is 19.7. The molecule has 0 radical (unpaired) electrons. The number of hydrogen-bond acceptors (Lipinski definition) is 8. The van der Waals surface area contributed by atoms with E-state index in [1.54, 1.807) is 24.8 Å². The Kier molecular flexibility index (Phi) is 11.9. The zero-order chi connectivity index (χ0) is 63.0. The highest BCUT2D eigenvalue weighted by atomic mass is 14.8. The van der Waals surface area contributed by atoms with Crippen molar-refractivity contribution in [3.8, 4) is 101 Å². The largest absolute Gasteiger partial charge is 0.261 e. The van der Waals surface area contributed by atoms with Crippen molar-refractivity contribution in [2.45, 2.75) is 0 Å². The first kappa shape index (κ1) is 53.6. The van der Waals surface area contributed by atoms with Crippen molar-refractivity contribution in [3.05, 3.63) is 304 Å². The normalized spacial score (nSPS) is 12.0. The van der Waals surface area contributed by atoms with Gasteiger partial charge in [-0.05, 0) is 217 Å². The zero-order valence-electron chi connectivity index (χ0n) is 51.4. The molecule has 442 valence electrons. The van der Waals surface area contributed by atoms with Crippen molar-refractivity contribution < 1.29 is 0 Å². The summed E-state index contributed by atoms with van der Waals surface area (Å²) in [5, 5.41) is 18.5. The molecule has 0 aliphatic rings. The van der Waals surface area contributed by atoms with E-state index in [-0.39, 0.29) is 0 Å². The molecule has 0 fully saturated rings. The topological polar surface area (TPSA) is 103 Å². The van der Waals surface area contributed by atoms with Gasteiger partial charge in [-0.15, -0.1) is 0 Å². The molecule has 96 heavy (non-hydrogen) atoms. The molecule has 8 nitrogen and oxygen atoms in total. The van der Waals surface area contributed by atoms with Gasteiger partial charge in [-0.2, -0.15) is 0 Å². The van der Waals surface area contributed by atoms with Crippen LogP contribution in [0.1, 0.15) is 0 Å². The third kappa shape index (κ3) is 8.70. The van der Waals surface area contributed by atoms with E-state index in [0.717, 1.165) is 171 Å². The molecule has 6 heterocycles. The highest BCUT2D eigenvalue weighted by Gasteiger charge is 2.23. The van der Waals surface area contributed by atoms with E-state index in [2.05, 4.69) is 253 Å². The van der Waals surface area contributed by atoms with Crippen molar-refractivity contribution in [3.63, 3.8) is 0 Å². The summed E-state index contributed by atoms with van der Waals surface area (Å²) in [6.45, 7) is 0. The number of pyridine rings is 4. The van der Waals surface area contributed by atoms with Crippen LogP contribution in [0.15, 0.2) is 304 Å². The molecule has 0 aliphatic heterocycles. The van der Waals surface area contributed by atoms with E-state index in [1.807, 2.05) is 36.9 Å². The molecule has 0 spiro atoms. The van der Waals surface area contributed by atoms with Crippen LogP contribution in [0.3, 0.4) is 0 Å². The number of rotatable bonds is 9. The fourth-order valence-electron chi connectivity index (χ4n) is 15.1. The third-order valence-electron chi connectivity index (χ3n) is 19.7. The van der Waals surface area contributed by atoms with Crippen LogP contribution < -0.4 is 0 Å². The van der Waals surface area contributed by atoms with Crippen molar-refractivity contribution in [1.29, 1.82) is 0 Å². The van der Waals surface area contributed by atoms with Gasteiger partial charge in [0, 0.05) is 81.0 Å². The lowest BCUT2D eigenvalue weighted by atomic mass is 9.83. The minimum absolute atomic E-state index is 0.819. The second-order valence-corrected chi connectivity index (χ2v) is 25.1. The summed E-state index contributed by atoms with van der Waals surface area (Å²) in [7, 11) is 0. The molecule has 0 N–H and O–H groups in total. The molecule has 0 atom stereocenters. The first-order chi connectivity index (χ1) is 47.5. The van der Waals surface area contributed by atoms with E-state index in [4.69, 9.17) is 29.9 Å². The van der Waals surface area contributed by atoms with Crippen LogP contribution in [0.2, 0.25) is 0 Å². The Morgan fingerprint density at radius 1 is 0.188 bits per heavy atom. The Labute approximate surface area is 549 Å². The fraction of sp³-hybridized carbons (Fsp3) is 0. The van der Waals surface area contributed by atoms with Gasteiger partial charge in [-0.3, -0.25) is 29.9 Å². The summed E-state index contributed by atoms with van der Waals surface area (Å²) >= 11 is 0. The minimum Gasteiger partial charge on any atom is -0.261 e. The van der Waals surface area contributed by atoms with Crippen LogP contribution in [0.25, 0.3) is 209 Å². The van der Waals surface area contributed by atoms with Gasteiger partial charge in [0.1, 0.15) is 0 Å². The average Bonchev–Trinajstić information content (AvgIpc) is 0.742. The predicted molar refractivity (Wildman–Crippen MR) is 395 cm³/mol. The highest BCUT2D eigenvalue weighted by Crippen LogP contribution is 2.49. The maximum atomic E-state index is 5.54. The maximum Gasteiger partial charge on any atom is 0.0891 e. The molecule has 0 saturated carbocycles. The molecule has 0 aliphatic carbocycles. The molecule has 0 amide bonds. The van der Waals surface area contributed by atoms with E-state index in [0.29, 0.717) is 0 Å². The number of fused-ring (bicyclic) bond motifs is 4. The first-order valence-corrected chi connectivity index (χ1v) is 32.3. The molecule has 8 heteroatoms. The van der Waals surface area contributed by atoms with Crippen LogP contribution in [0.4, 0.5) is 0 Å². The quantitative estimate of drug-likeness (QED) is 0.132. The monoisotopic (exact) mass is 1220 g/mol. The van der Waals surface area contributed by atoms with Gasteiger partial charge < -0.3 is 0 Å². The lowest BCUT2D eigenvalue weighted by Crippen LogP contribution is -1.94. The van der Waals surface area contributed by atoms with Crippen LogP contribution in [0.5, 0.6) is 0 Å². The molecule has 0 bridgehead atoms. The standard InChI is InChI=1S/C88H50N8/c1-2-8-77-51(5-1)19-30-79(95-77)65-43-64(67-22-13-54-18-27-73-69(83-49-89-35-37-93-83)23-14-55-16-25-71(67)85(54)86(55)73)44-66(45-65)80-32-21-60-39-59(20-31-78(60)96-80)75-48-76-70(84-50-90-36-38-94-84)24-15-56-17-26-72-68(28-29-74(75)88(72)87(56)76)63-41-61(57-11-9-52-6-3-33-91-81(52)46-57)40-62(42-63)58-12-10-53-7-4-34-92-82(53)47-58/h1-50H. The second-order valence-electron chi connectivity index (χ2n) is 25.1. The maximum absolute atomic E-state index is 5.54. The summed E-state index contributed by atoms with van der Waals surface area (Å²) in [6.07, 6.45) is 14.4. The Morgan fingerprint density at radius 2 is 0.615 bits per heavy atom. The number of para-hydroxylation sites is 1. The summed E-state index contributed by atoms with van der Waals surface area (Å²) in [4.78, 5) is 39.0. The molecular formula is C88H50N8. The first-order valence-electron chi connectivity index (χ1n) is 32.3. The van der Waals surface area contributed by atoms with E-state index in [9.17, 15) is 0 Å². The van der Waals surface area contributed by atoms with Gasteiger partial charge in [-0.1, -0.05) is 158 Å². The summed E-state index contributed by atoms with van der Waals surface area (Å²) in [5.74, 6) is 0. The molecule has 20 rings (SSSR count). The molecular weight excluding hydrogens is 1170 g/mol. The fourth-order valence-corrected chi connectivity index (χ4v) is 15.1. The number of hydrogen-bond donors (Lipinski definition) is 0. The van der Waals surface area contributed by atoms with Crippen molar-refractivity contribution in [2.75, 3.05) is 0 Å². The summed E-state index contributed by atoms with van der Waals surface area (Å²) in [5.41, 5.74) is 22.4. The Balaban J connectivity index is 0.750. The van der Waals surface area contributed by atoms with E-state index < -0.39 is 0 Å². The number of nitrogens with zero attached hydrogens (tertiary/aromatic N) is 8. The Morgan fingerprint density at radius 3 is 1.23 bits per heavy atom. The average molecular weight is 1220 g/mol. The van der Waals surface area contributed by atoms with Crippen molar-refractivity contribution in [2.24, 2.45) is 0 Å². The van der Waals surface area contributed by atoms with Crippen LogP contribution in [-0.2, 0) is 0 Å². The molecule has 0 saturated heterocycles. The van der Waals surface area contributed by atoms with Gasteiger partial charge in [-0.25, -0.2) is 9.97 Å². The summed E-state index contributed by atoms with van der Waals surface area (Å²) in [6, 6.07) is 93.0. The lowest BCUT2D eigenvalue weighted by Gasteiger charge is -2.20. The lowest BCUT2D eigenvalue weighted by molar-refractivity contribution is 1.21. The molecule has 6 aromatic heterocycles. The van der Waals surface area contributed by atoms with Gasteiger partial charge in [0.2, 0.25) is 0 Å². The predicted octanol–water partition coefficient (Wildman–Crippen LogP) is 22.3. The van der Waals surface area contributed by atoms with Crippen LogP contribution in [0, 0.1) is 0 Å². The van der Waals surface area contributed by atoms with Gasteiger partial charge in [0.25, 0.3) is 0 Å². The molecule has 14 aromatic carbocycles. The van der Waals surface area contributed by atoms with Crippen molar-refractivity contribution in [1.82, 2.24) is 39.9 Å².